The first-order valence-corrected chi connectivity index (χ1v) is 8.76. The van der Waals surface area contributed by atoms with Crippen LogP contribution in [0.1, 0.15) is 29.0 Å². The summed E-state index contributed by atoms with van der Waals surface area (Å²) in [5.41, 5.74) is -0.931. The summed E-state index contributed by atoms with van der Waals surface area (Å²) in [6.45, 7) is 1.65. The van der Waals surface area contributed by atoms with Crippen LogP contribution in [0.25, 0.3) is 0 Å². The number of alkyl halides is 6. The minimum atomic E-state index is -4.50. The van der Waals surface area contributed by atoms with E-state index in [2.05, 4.69) is 0 Å². The van der Waals surface area contributed by atoms with E-state index < -0.39 is 34.1 Å². The molecule has 0 aromatic heterocycles. The van der Waals surface area contributed by atoms with Gasteiger partial charge in [-0.3, -0.25) is 9.69 Å². The molecule has 0 aliphatic carbocycles. The molecule has 1 saturated heterocycles. The maximum absolute atomic E-state index is 12.7. The number of carbonyl (C=O) groups excluding carboxylic acids is 1. The van der Waals surface area contributed by atoms with E-state index in [1.165, 1.54) is 40.9 Å². The second-order valence-corrected chi connectivity index (χ2v) is 7.43. The lowest BCUT2D eigenvalue weighted by molar-refractivity contribution is -0.138. The predicted octanol–water partition coefficient (Wildman–Crippen LogP) is 5.89. The van der Waals surface area contributed by atoms with Crippen molar-refractivity contribution in [3.63, 3.8) is 0 Å². The summed E-state index contributed by atoms with van der Waals surface area (Å²) >= 11 is 1.23. The first kappa shape index (κ1) is 19.6. The molecule has 0 saturated carbocycles. The maximum atomic E-state index is 12.7. The largest absolute Gasteiger partial charge is 0.416 e. The van der Waals surface area contributed by atoms with Gasteiger partial charge >= 0.3 is 12.4 Å². The molecule has 1 amide bonds. The van der Waals surface area contributed by atoms with Crippen LogP contribution in [-0.4, -0.2) is 11.2 Å². The predicted molar refractivity (Wildman–Crippen MR) is 90.2 cm³/mol. The quantitative estimate of drug-likeness (QED) is 0.581. The van der Waals surface area contributed by atoms with E-state index in [4.69, 9.17) is 0 Å². The van der Waals surface area contributed by atoms with Crippen molar-refractivity contribution in [3.05, 3.63) is 65.2 Å². The molecule has 144 valence electrons. The number of nitrogens with zero attached hydrogens (tertiary/aromatic N) is 1. The fourth-order valence-corrected chi connectivity index (χ4v) is 4.04. The Morgan fingerprint density at radius 3 is 1.70 bits per heavy atom. The first-order valence-electron chi connectivity index (χ1n) is 7.81. The van der Waals surface area contributed by atoms with Crippen LogP contribution in [0.2, 0.25) is 0 Å². The van der Waals surface area contributed by atoms with Crippen LogP contribution in [0.5, 0.6) is 0 Å². The Hall–Kier alpha value is -2.16. The van der Waals surface area contributed by atoms with Gasteiger partial charge in [0.25, 0.3) is 0 Å². The molecule has 0 radical (unpaired) electrons. The van der Waals surface area contributed by atoms with Crippen LogP contribution in [0.3, 0.4) is 0 Å². The summed E-state index contributed by atoms with van der Waals surface area (Å²) in [6.07, 6.45) is -8.97. The van der Waals surface area contributed by atoms with E-state index in [1.54, 1.807) is 6.92 Å². The van der Waals surface area contributed by atoms with Crippen LogP contribution in [0.4, 0.5) is 32.0 Å². The van der Waals surface area contributed by atoms with Crippen LogP contribution in [0.15, 0.2) is 48.5 Å². The standard InChI is InChI=1S/C18H13F6NOS/c1-10-15(26)25(14-8-6-13(7-9-14)18(22,23)24)16(27-10)11-2-4-12(5-3-11)17(19,20)21/h2-10,16H,1H3/t10-,16-/m1/s1. The summed E-state index contributed by atoms with van der Waals surface area (Å²) < 4.78 is 76.4. The molecular formula is C18H13F6NOS. The van der Waals surface area contributed by atoms with Crippen molar-refractivity contribution < 1.29 is 31.1 Å². The highest BCUT2D eigenvalue weighted by atomic mass is 32.2. The number of benzene rings is 2. The van der Waals surface area contributed by atoms with Crippen LogP contribution >= 0.6 is 11.8 Å². The van der Waals surface area contributed by atoms with Gasteiger partial charge in [-0.15, -0.1) is 11.8 Å². The summed E-state index contributed by atoms with van der Waals surface area (Å²) in [5, 5.41) is -1.09. The Kier molecular flexibility index (Phi) is 4.92. The van der Waals surface area contributed by atoms with Crippen molar-refractivity contribution in [2.24, 2.45) is 0 Å². The minimum absolute atomic E-state index is 0.259. The Morgan fingerprint density at radius 2 is 1.26 bits per heavy atom. The lowest BCUT2D eigenvalue weighted by atomic mass is 10.1. The topological polar surface area (TPSA) is 20.3 Å². The molecular weight excluding hydrogens is 392 g/mol. The molecule has 2 nitrogen and oxygen atoms in total. The highest BCUT2D eigenvalue weighted by Crippen LogP contribution is 2.46. The fourth-order valence-electron chi connectivity index (χ4n) is 2.76. The molecule has 1 aliphatic heterocycles. The van der Waals surface area contributed by atoms with E-state index in [1.807, 2.05) is 0 Å². The smallest absolute Gasteiger partial charge is 0.295 e. The molecule has 0 unspecified atom stereocenters. The number of rotatable bonds is 2. The number of hydrogen-bond acceptors (Lipinski definition) is 2. The molecule has 0 N–H and O–H groups in total. The van der Waals surface area contributed by atoms with E-state index in [9.17, 15) is 31.1 Å². The van der Waals surface area contributed by atoms with Gasteiger partial charge in [-0.1, -0.05) is 12.1 Å². The fraction of sp³-hybridized carbons (Fsp3) is 0.278. The number of carbonyl (C=O) groups is 1. The SMILES string of the molecule is C[C@H]1S[C@H](c2ccc(C(F)(F)F)cc2)N(c2ccc(C(F)(F)F)cc2)C1=O. The molecule has 2 aromatic rings. The van der Waals surface area contributed by atoms with Crippen LogP contribution in [0, 0.1) is 0 Å². The normalized spacial score (nSPS) is 21.0. The monoisotopic (exact) mass is 405 g/mol. The molecule has 2 atom stereocenters. The Bertz CT molecular complexity index is 829. The molecule has 0 spiro atoms. The lowest BCUT2D eigenvalue weighted by Gasteiger charge is -2.25. The lowest BCUT2D eigenvalue weighted by Crippen LogP contribution is -2.30. The summed E-state index contributed by atoms with van der Waals surface area (Å²) in [6, 6.07) is 8.54. The molecule has 1 heterocycles. The molecule has 2 aromatic carbocycles. The summed E-state index contributed by atoms with van der Waals surface area (Å²) in [4.78, 5) is 13.8. The summed E-state index contributed by atoms with van der Waals surface area (Å²) in [7, 11) is 0. The third-order valence-electron chi connectivity index (χ3n) is 4.15. The molecule has 9 heteroatoms. The zero-order valence-electron chi connectivity index (χ0n) is 13.8. The van der Waals surface area contributed by atoms with Crippen molar-refractivity contribution in [2.75, 3.05) is 4.90 Å². The van der Waals surface area contributed by atoms with Crippen molar-refractivity contribution in [2.45, 2.75) is 29.9 Å². The first-order chi connectivity index (χ1) is 12.5. The van der Waals surface area contributed by atoms with Gasteiger partial charge in [-0.25, -0.2) is 0 Å². The average molecular weight is 405 g/mol. The number of anilines is 1. The van der Waals surface area contributed by atoms with Crippen LogP contribution < -0.4 is 4.90 Å². The third-order valence-corrected chi connectivity index (χ3v) is 5.50. The second-order valence-electron chi connectivity index (χ2n) is 6.00. The van der Waals surface area contributed by atoms with Crippen molar-refractivity contribution >= 4 is 23.4 Å². The van der Waals surface area contributed by atoms with Gasteiger partial charge in [-0.2, -0.15) is 26.3 Å². The molecule has 1 aliphatic rings. The number of thioether (sulfide) groups is 1. The second kappa shape index (κ2) is 6.78. The minimum Gasteiger partial charge on any atom is -0.295 e. The zero-order valence-corrected chi connectivity index (χ0v) is 14.6. The third kappa shape index (κ3) is 3.92. The highest BCUT2D eigenvalue weighted by Gasteiger charge is 2.40. The zero-order chi connectivity index (χ0) is 20.0. The Labute approximate surface area is 155 Å². The van der Waals surface area contributed by atoms with E-state index in [0.29, 0.717) is 5.56 Å². The molecule has 27 heavy (non-hydrogen) atoms. The number of hydrogen-bond donors (Lipinski definition) is 0. The van der Waals surface area contributed by atoms with Gasteiger partial charge in [0.2, 0.25) is 5.91 Å². The van der Waals surface area contributed by atoms with Gasteiger partial charge < -0.3 is 0 Å². The van der Waals surface area contributed by atoms with Crippen molar-refractivity contribution in [3.8, 4) is 0 Å². The van der Waals surface area contributed by atoms with E-state index in [-0.39, 0.29) is 11.6 Å². The highest BCUT2D eigenvalue weighted by molar-refractivity contribution is 8.01. The van der Waals surface area contributed by atoms with Gasteiger partial charge in [0.15, 0.2) is 0 Å². The summed E-state index contributed by atoms with van der Waals surface area (Å²) in [5.74, 6) is -0.315. The molecule has 1 fully saturated rings. The average Bonchev–Trinajstić information content (AvgIpc) is 2.89. The van der Waals surface area contributed by atoms with Gasteiger partial charge in [0.1, 0.15) is 5.37 Å². The van der Waals surface area contributed by atoms with E-state index >= 15 is 0 Å². The molecule has 0 bridgehead atoms. The van der Waals surface area contributed by atoms with Gasteiger partial charge in [0, 0.05) is 5.69 Å². The Balaban J connectivity index is 1.94. The van der Waals surface area contributed by atoms with Crippen LogP contribution in [-0.2, 0) is 17.1 Å². The molecule has 3 rings (SSSR count). The van der Waals surface area contributed by atoms with Crippen molar-refractivity contribution in [1.82, 2.24) is 0 Å². The van der Waals surface area contributed by atoms with Gasteiger partial charge in [-0.05, 0) is 48.9 Å². The number of amides is 1. The Morgan fingerprint density at radius 1 is 0.815 bits per heavy atom. The van der Waals surface area contributed by atoms with E-state index in [0.717, 1.165) is 24.3 Å². The maximum Gasteiger partial charge on any atom is 0.416 e. The van der Waals surface area contributed by atoms with Crippen molar-refractivity contribution in [1.29, 1.82) is 0 Å². The van der Waals surface area contributed by atoms with Gasteiger partial charge in [0.05, 0.1) is 16.4 Å². The number of halogens is 6.